The molecule has 0 aliphatic rings. The highest BCUT2D eigenvalue weighted by Crippen LogP contribution is 2.35. The predicted molar refractivity (Wildman–Crippen MR) is 71.5 cm³/mol. The summed E-state index contributed by atoms with van der Waals surface area (Å²) >= 11 is 9.04. The van der Waals surface area contributed by atoms with Crippen molar-refractivity contribution >= 4 is 27.5 Å². The number of hydrogen-bond donors (Lipinski definition) is 0. The maximum absolute atomic E-state index is 13.9. The maximum Gasteiger partial charge on any atom is 0.143 e. The molecule has 0 amide bonds. The number of rotatable bonds is 5. The summed E-state index contributed by atoms with van der Waals surface area (Å²) in [6.07, 6.45) is 1.94. The third kappa shape index (κ3) is 3.19. The van der Waals surface area contributed by atoms with E-state index in [1.165, 1.54) is 12.1 Å². The molecule has 0 spiro atoms. The summed E-state index contributed by atoms with van der Waals surface area (Å²) in [6.45, 7) is 4.00. The molecule has 0 radical (unpaired) electrons. The predicted octanol–water partition coefficient (Wildman–Crippen LogP) is 5.32. The molecule has 0 atom stereocenters. The lowest BCUT2D eigenvalue weighted by Crippen LogP contribution is -2.25. The summed E-state index contributed by atoms with van der Waals surface area (Å²) in [4.78, 5) is 0. The Balaban J connectivity index is 3.13. The van der Waals surface area contributed by atoms with Crippen molar-refractivity contribution in [2.24, 2.45) is 5.41 Å². The van der Waals surface area contributed by atoms with E-state index in [2.05, 4.69) is 15.9 Å². The van der Waals surface area contributed by atoms with Gasteiger partial charge in [-0.25, -0.2) is 8.78 Å². The van der Waals surface area contributed by atoms with Crippen LogP contribution in [-0.2, 0) is 6.42 Å². The van der Waals surface area contributed by atoms with Crippen LogP contribution in [0.3, 0.4) is 0 Å². The Morgan fingerprint density at radius 1 is 1.24 bits per heavy atom. The van der Waals surface area contributed by atoms with Crippen LogP contribution in [0.15, 0.2) is 16.6 Å². The molecule has 0 nitrogen and oxygen atoms in total. The lowest BCUT2D eigenvalue weighted by atomic mass is 9.78. The van der Waals surface area contributed by atoms with Gasteiger partial charge in [-0.15, -0.1) is 11.6 Å². The topological polar surface area (TPSA) is 0 Å². The van der Waals surface area contributed by atoms with E-state index in [0.717, 1.165) is 12.8 Å². The third-order valence-electron chi connectivity index (χ3n) is 3.47. The van der Waals surface area contributed by atoms with Gasteiger partial charge in [-0.05, 0) is 52.7 Å². The Labute approximate surface area is 114 Å². The summed E-state index contributed by atoms with van der Waals surface area (Å²) < 4.78 is 27.8. The Morgan fingerprint density at radius 2 is 1.82 bits per heavy atom. The molecule has 0 heterocycles. The Morgan fingerprint density at radius 3 is 2.29 bits per heavy atom. The average Bonchev–Trinajstić information content (AvgIpc) is 2.36. The smallest absolute Gasteiger partial charge is 0.143 e. The van der Waals surface area contributed by atoms with Gasteiger partial charge in [0.15, 0.2) is 0 Å². The molecule has 0 bridgehead atoms. The zero-order chi connectivity index (χ0) is 13.1. The van der Waals surface area contributed by atoms with Crippen molar-refractivity contribution in [1.29, 1.82) is 0 Å². The van der Waals surface area contributed by atoms with Crippen molar-refractivity contribution in [3.63, 3.8) is 0 Å². The second-order valence-electron chi connectivity index (χ2n) is 4.34. The average molecular weight is 326 g/mol. The Hall–Kier alpha value is -0.150. The number of hydrogen-bond acceptors (Lipinski definition) is 0. The second-order valence-corrected chi connectivity index (χ2v) is 5.46. The van der Waals surface area contributed by atoms with Gasteiger partial charge in [0.2, 0.25) is 0 Å². The van der Waals surface area contributed by atoms with Gasteiger partial charge < -0.3 is 0 Å². The molecule has 0 aliphatic heterocycles. The molecular weight excluding hydrogens is 309 g/mol. The summed E-state index contributed by atoms with van der Waals surface area (Å²) in [5.74, 6) is -0.603. The third-order valence-corrected chi connectivity index (χ3v) is 4.65. The van der Waals surface area contributed by atoms with Crippen LogP contribution in [0.1, 0.15) is 32.3 Å². The first kappa shape index (κ1) is 14.9. The van der Waals surface area contributed by atoms with Crippen LogP contribution < -0.4 is 0 Å². The van der Waals surface area contributed by atoms with Crippen LogP contribution in [-0.4, -0.2) is 5.88 Å². The minimum Gasteiger partial charge on any atom is -0.207 e. The molecule has 0 N–H and O–H groups in total. The first-order valence-corrected chi connectivity index (χ1v) is 7.00. The summed E-state index contributed by atoms with van der Waals surface area (Å²) in [5.41, 5.74) is -0.104. The van der Waals surface area contributed by atoms with Crippen LogP contribution in [0, 0.1) is 17.0 Å². The first-order valence-electron chi connectivity index (χ1n) is 5.68. The molecule has 0 saturated carbocycles. The molecule has 0 unspecified atom stereocenters. The van der Waals surface area contributed by atoms with E-state index >= 15 is 0 Å². The van der Waals surface area contributed by atoms with Gasteiger partial charge in [0.25, 0.3) is 0 Å². The normalized spacial score (nSPS) is 11.9. The molecule has 0 aromatic heterocycles. The van der Waals surface area contributed by atoms with E-state index in [-0.39, 0.29) is 11.0 Å². The zero-order valence-electron chi connectivity index (χ0n) is 9.99. The van der Waals surface area contributed by atoms with E-state index < -0.39 is 11.6 Å². The van der Waals surface area contributed by atoms with Crippen LogP contribution in [0.5, 0.6) is 0 Å². The fourth-order valence-corrected chi connectivity index (χ4v) is 2.69. The largest absolute Gasteiger partial charge is 0.207 e. The van der Waals surface area contributed by atoms with E-state index in [0.29, 0.717) is 16.8 Å². The number of halogens is 4. The lowest BCUT2D eigenvalue weighted by molar-refractivity contribution is 0.293. The molecule has 17 heavy (non-hydrogen) atoms. The fraction of sp³-hybridized carbons (Fsp3) is 0.538. The Kier molecular flexibility index (Phi) is 5.39. The van der Waals surface area contributed by atoms with Crippen molar-refractivity contribution < 1.29 is 8.78 Å². The number of benzene rings is 1. The van der Waals surface area contributed by atoms with Crippen LogP contribution in [0.25, 0.3) is 0 Å². The van der Waals surface area contributed by atoms with Crippen molar-refractivity contribution in [2.45, 2.75) is 33.1 Å². The second kappa shape index (κ2) is 6.14. The van der Waals surface area contributed by atoms with E-state index in [9.17, 15) is 8.78 Å². The molecule has 0 saturated heterocycles. The van der Waals surface area contributed by atoms with Crippen molar-refractivity contribution in [3.8, 4) is 0 Å². The highest BCUT2D eigenvalue weighted by Gasteiger charge is 2.28. The molecule has 1 rings (SSSR count). The summed E-state index contributed by atoms with van der Waals surface area (Å²) in [5, 5.41) is 0. The Bertz CT molecular complexity index is 381. The van der Waals surface area contributed by atoms with Crippen molar-refractivity contribution in [2.75, 3.05) is 5.88 Å². The molecule has 0 aliphatic carbocycles. The maximum atomic E-state index is 13.9. The van der Waals surface area contributed by atoms with Gasteiger partial charge in [0.05, 0.1) is 4.47 Å². The fourth-order valence-electron chi connectivity index (χ4n) is 1.84. The zero-order valence-corrected chi connectivity index (χ0v) is 12.3. The standard InChI is InChI=1S/C13H16BrClF2/c1-3-13(4-2,8-15)7-9-11(16)6-5-10(14)12(9)17/h5-6H,3-4,7-8H2,1-2H3. The van der Waals surface area contributed by atoms with Crippen LogP contribution in [0.2, 0.25) is 0 Å². The molecule has 1 aromatic carbocycles. The highest BCUT2D eigenvalue weighted by atomic mass is 79.9. The van der Waals surface area contributed by atoms with Gasteiger partial charge in [-0.1, -0.05) is 13.8 Å². The molecular formula is C13H16BrClF2. The summed E-state index contributed by atoms with van der Waals surface area (Å²) in [7, 11) is 0. The molecule has 96 valence electrons. The highest BCUT2D eigenvalue weighted by molar-refractivity contribution is 9.10. The van der Waals surface area contributed by atoms with Gasteiger partial charge in [0.1, 0.15) is 11.6 Å². The van der Waals surface area contributed by atoms with Crippen molar-refractivity contribution in [3.05, 3.63) is 33.8 Å². The van der Waals surface area contributed by atoms with Crippen LogP contribution in [0.4, 0.5) is 8.78 Å². The number of alkyl halides is 1. The van der Waals surface area contributed by atoms with Crippen molar-refractivity contribution in [1.82, 2.24) is 0 Å². The van der Waals surface area contributed by atoms with Crippen LogP contribution >= 0.6 is 27.5 Å². The molecule has 1 aromatic rings. The minimum absolute atomic E-state index is 0.128. The van der Waals surface area contributed by atoms with E-state index in [4.69, 9.17) is 11.6 Å². The lowest BCUT2D eigenvalue weighted by Gasteiger charge is -2.29. The van der Waals surface area contributed by atoms with E-state index in [1.54, 1.807) is 0 Å². The molecule has 0 fully saturated rings. The molecule has 4 heteroatoms. The van der Waals surface area contributed by atoms with Gasteiger partial charge in [0, 0.05) is 11.4 Å². The van der Waals surface area contributed by atoms with E-state index in [1.807, 2.05) is 13.8 Å². The first-order chi connectivity index (χ1) is 7.99. The minimum atomic E-state index is -0.513. The SMILES string of the molecule is CCC(CC)(CCl)Cc1c(F)ccc(Br)c1F. The monoisotopic (exact) mass is 324 g/mol. The van der Waals surface area contributed by atoms with Gasteiger partial charge in [-0.2, -0.15) is 0 Å². The quantitative estimate of drug-likeness (QED) is 0.508. The van der Waals surface area contributed by atoms with Gasteiger partial charge in [-0.3, -0.25) is 0 Å². The summed E-state index contributed by atoms with van der Waals surface area (Å²) in [6, 6.07) is 2.67. The van der Waals surface area contributed by atoms with Gasteiger partial charge >= 0.3 is 0 Å².